The van der Waals surface area contributed by atoms with Gasteiger partial charge in [-0.2, -0.15) is 0 Å². The fourth-order valence-corrected chi connectivity index (χ4v) is 2.78. The first-order chi connectivity index (χ1) is 7.81. The number of halogens is 1. The van der Waals surface area contributed by atoms with E-state index in [1.54, 1.807) is 7.11 Å². The van der Waals surface area contributed by atoms with E-state index in [0.717, 1.165) is 24.2 Å². The van der Waals surface area contributed by atoms with E-state index >= 15 is 0 Å². The maximum absolute atomic E-state index is 5.25. The SMILES string of the molecule is COCC1CCCN(c2ccncc2Br)C1. The van der Waals surface area contributed by atoms with Gasteiger partial charge in [-0.1, -0.05) is 0 Å². The minimum atomic E-state index is 0.652. The van der Waals surface area contributed by atoms with Crippen LogP contribution >= 0.6 is 15.9 Å². The van der Waals surface area contributed by atoms with Gasteiger partial charge in [0.05, 0.1) is 16.8 Å². The van der Waals surface area contributed by atoms with Crippen molar-refractivity contribution in [2.45, 2.75) is 12.8 Å². The van der Waals surface area contributed by atoms with Gasteiger partial charge in [-0.3, -0.25) is 4.98 Å². The Morgan fingerprint density at radius 2 is 2.50 bits per heavy atom. The number of piperidine rings is 1. The van der Waals surface area contributed by atoms with E-state index in [1.807, 2.05) is 12.4 Å². The standard InChI is InChI=1S/C12H17BrN2O/c1-16-9-10-3-2-6-15(8-10)12-4-5-14-7-11(12)13/h4-5,7,10H,2-3,6,8-9H2,1H3. The van der Waals surface area contributed by atoms with Crippen LogP contribution in [0.5, 0.6) is 0 Å². The Kier molecular flexibility index (Phi) is 4.18. The Balaban J connectivity index is 2.07. The lowest BCUT2D eigenvalue weighted by Gasteiger charge is -2.34. The van der Waals surface area contributed by atoms with E-state index in [9.17, 15) is 0 Å². The molecule has 0 amide bonds. The molecule has 1 unspecified atom stereocenters. The largest absolute Gasteiger partial charge is 0.384 e. The molecule has 4 heteroatoms. The van der Waals surface area contributed by atoms with Crippen LogP contribution in [0.4, 0.5) is 5.69 Å². The van der Waals surface area contributed by atoms with Crippen molar-refractivity contribution in [2.75, 3.05) is 31.7 Å². The van der Waals surface area contributed by atoms with Crippen molar-refractivity contribution in [3.05, 3.63) is 22.9 Å². The predicted octanol–water partition coefficient (Wildman–Crippen LogP) is 2.71. The van der Waals surface area contributed by atoms with Crippen molar-refractivity contribution in [3.63, 3.8) is 0 Å². The van der Waals surface area contributed by atoms with Crippen LogP contribution in [-0.2, 0) is 4.74 Å². The highest BCUT2D eigenvalue weighted by Gasteiger charge is 2.21. The van der Waals surface area contributed by atoms with Crippen molar-refractivity contribution >= 4 is 21.6 Å². The minimum Gasteiger partial charge on any atom is -0.384 e. The van der Waals surface area contributed by atoms with Gasteiger partial charge < -0.3 is 9.64 Å². The Labute approximate surface area is 105 Å². The molecule has 3 nitrogen and oxygen atoms in total. The Morgan fingerprint density at radius 3 is 3.25 bits per heavy atom. The molecule has 88 valence electrons. The molecule has 1 aliphatic heterocycles. The molecule has 0 aliphatic carbocycles. The molecule has 1 saturated heterocycles. The van der Waals surface area contributed by atoms with Crippen LogP contribution in [0.25, 0.3) is 0 Å². The highest BCUT2D eigenvalue weighted by Crippen LogP contribution is 2.29. The molecular formula is C12H17BrN2O. The molecule has 0 bridgehead atoms. The summed E-state index contributed by atoms with van der Waals surface area (Å²) in [4.78, 5) is 6.51. The molecule has 2 rings (SSSR count). The van der Waals surface area contributed by atoms with Gasteiger partial charge in [-0.25, -0.2) is 0 Å². The highest BCUT2D eigenvalue weighted by atomic mass is 79.9. The first kappa shape index (κ1) is 11.9. The summed E-state index contributed by atoms with van der Waals surface area (Å²) in [5, 5.41) is 0. The second-order valence-electron chi connectivity index (χ2n) is 4.24. The quantitative estimate of drug-likeness (QED) is 0.854. The van der Waals surface area contributed by atoms with Gasteiger partial charge in [0.1, 0.15) is 0 Å². The molecule has 0 aromatic carbocycles. The number of hydrogen-bond acceptors (Lipinski definition) is 3. The molecule has 0 N–H and O–H groups in total. The molecule has 0 spiro atoms. The number of anilines is 1. The fraction of sp³-hybridized carbons (Fsp3) is 0.583. The van der Waals surface area contributed by atoms with Gasteiger partial charge in [-0.05, 0) is 40.8 Å². The predicted molar refractivity (Wildman–Crippen MR) is 68.8 cm³/mol. The molecule has 1 atom stereocenters. The molecule has 1 aliphatic rings. The third-order valence-electron chi connectivity index (χ3n) is 3.01. The van der Waals surface area contributed by atoms with Gasteiger partial charge in [0.2, 0.25) is 0 Å². The lowest BCUT2D eigenvalue weighted by atomic mass is 9.98. The third kappa shape index (κ3) is 2.74. The second kappa shape index (κ2) is 5.64. The molecule has 0 saturated carbocycles. The van der Waals surface area contributed by atoms with E-state index < -0.39 is 0 Å². The molecule has 1 aromatic heterocycles. The maximum Gasteiger partial charge on any atom is 0.0592 e. The van der Waals surface area contributed by atoms with Crippen molar-refractivity contribution < 1.29 is 4.74 Å². The molecule has 16 heavy (non-hydrogen) atoms. The lowest BCUT2D eigenvalue weighted by molar-refractivity contribution is 0.143. The molecular weight excluding hydrogens is 268 g/mol. The summed E-state index contributed by atoms with van der Waals surface area (Å²) in [6.07, 6.45) is 6.21. The smallest absolute Gasteiger partial charge is 0.0592 e. The van der Waals surface area contributed by atoms with Crippen LogP contribution in [0.1, 0.15) is 12.8 Å². The van der Waals surface area contributed by atoms with E-state index in [1.165, 1.54) is 18.5 Å². The van der Waals surface area contributed by atoms with Gasteiger partial charge in [0.15, 0.2) is 0 Å². The number of methoxy groups -OCH3 is 1. The lowest BCUT2D eigenvalue weighted by Crippen LogP contribution is -2.37. The van der Waals surface area contributed by atoms with Crippen LogP contribution in [0, 0.1) is 5.92 Å². The molecule has 1 aromatic rings. The normalized spacial score (nSPS) is 21.1. The van der Waals surface area contributed by atoms with Gasteiger partial charge in [0.25, 0.3) is 0 Å². The van der Waals surface area contributed by atoms with Gasteiger partial charge in [0, 0.05) is 32.6 Å². The number of nitrogens with zero attached hydrogens (tertiary/aromatic N) is 2. The number of ether oxygens (including phenoxy) is 1. The third-order valence-corrected chi connectivity index (χ3v) is 3.62. The van der Waals surface area contributed by atoms with Crippen LogP contribution in [0.15, 0.2) is 22.9 Å². The Hall–Kier alpha value is -0.610. The minimum absolute atomic E-state index is 0.652. The molecule has 1 fully saturated rings. The highest BCUT2D eigenvalue weighted by molar-refractivity contribution is 9.10. The Morgan fingerprint density at radius 1 is 1.62 bits per heavy atom. The zero-order valence-corrected chi connectivity index (χ0v) is 11.1. The summed E-state index contributed by atoms with van der Waals surface area (Å²) in [6, 6.07) is 2.07. The van der Waals surface area contributed by atoms with Gasteiger partial charge in [-0.15, -0.1) is 0 Å². The van der Waals surface area contributed by atoms with E-state index in [-0.39, 0.29) is 0 Å². The molecule has 0 radical (unpaired) electrons. The van der Waals surface area contributed by atoms with Crippen LogP contribution in [-0.4, -0.2) is 31.8 Å². The summed E-state index contributed by atoms with van der Waals surface area (Å²) in [5.74, 6) is 0.652. The monoisotopic (exact) mass is 284 g/mol. The van der Waals surface area contributed by atoms with E-state index in [0.29, 0.717) is 5.92 Å². The molecule has 2 heterocycles. The summed E-state index contributed by atoms with van der Waals surface area (Å²) < 4.78 is 6.32. The summed E-state index contributed by atoms with van der Waals surface area (Å²) >= 11 is 3.56. The first-order valence-electron chi connectivity index (χ1n) is 5.64. The zero-order valence-electron chi connectivity index (χ0n) is 9.53. The number of pyridine rings is 1. The summed E-state index contributed by atoms with van der Waals surface area (Å²) in [6.45, 7) is 3.07. The number of aromatic nitrogens is 1. The average molecular weight is 285 g/mol. The topological polar surface area (TPSA) is 25.4 Å². The second-order valence-corrected chi connectivity index (χ2v) is 5.09. The number of hydrogen-bond donors (Lipinski definition) is 0. The van der Waals surface area contributed by atoms with Crippen molar-refractivity contribution in [3.8, 4) is 0 Å². The zero-order chi connectivity index (χ0) is 11.4. The first-order valence-corrected chi connectivity index (χ1v) is 6.44. The van der Waals surface area contributed by atoms with Crippen molar-refractivity contribution in [2.24, 2.45) is 5.92 Å². The average Bonchev–Trinajstić information content (AvgIpc) is 2.30. The van der Waals surface area contributed by atoms with Crippen molar-refractivity contribution in [1.82, 2.24) is 4.98 Å². The maximum atomic E-state index is 5.25. The Bertz CT molecular complexity index is 344. The van der Waals surface area contributed by atoms with Crippen LogP contribution in [0.2, 0.25) is 0 Å². The van der Waals surface area contributed by atoms with Crippen LogP contribution in [0.3, 0.4) is 0 Å². The van der Waals surface area contributed by atoms with Gasteiger partial charge >= 0.3 is 0 Å². The van der Waals surface area contributed by atoms with E-state index in [2.05, 4.69) is 31.9 Å². The summed E-state index contributed by atoms with van der Waals surface area (Å²) in [7, 11) is 1.78. The number of rotatable bonds is 3. The fourth-order valence-electron chi connectivity index (χ4n) is 2.28. The summed E-state index contributed by atoms with van der Waals surface area (Å²) in [5.41, 5.74) is 1.25. The van der Waals surface area contributed by atoms with E-state index in [4.69, 9.17) is 4.74 Å². The van der Waals surface area contributed by atoms with Crippen LogP contribution < -0.4 is 4.90 Å². The van der Waals surface area contributed by atoms with Crippen molar-refractivity contribution in [1.29, 1.82) is 0 Å².